The standard InChI is InChI=1S/C17H15Cl2N3OS/c1-23-12-7-6-9(8-11(12)18)20-15-14-10-4-2-3-5-13(10)24-16(14)22-17(19)21-15/h6-8H,2-5H2,1H3,(H,20,21,22). The smallest absolute Gasteiger partial charge is 0.225 e. The normalized spacial score (nSPS) is 13.8. The van der Waals surface area contributed by atoms with Crippen LogP contribution in [-0.2, 0) is 12.8 Å². The van der Waals surface area contributed by atoms with E-state index in [1.807, 2.05) is 18.2 Å². The first kappa shape index (κ1) is 15.9. The van der Waals surface area contributed by atoms with Crippen LogP contribution in [-0.4, -0.2) is 17.1 Å². The van der Waals surface area contributed by atoms with Gasteiger partial charge in [0.15, 0.2) is 0 Å². The second kappa shape index (κ2) is 6.39. The zero-order chi connectivity index (χ0) is 16.7. The largest absolute Gasteiger partial charge is 0.495 e. The fourth-order valence-electron chi connectivity index (χ4n) is 3.10. The Bertz CT molecular complexity index is 926. The first-order valence-corrected chi connectivity index (χ1v) is 9.31. The van der Waals surface area contributed by atoms with Crippen LogP contribution in [0.1, 0.15) is 23.3 Å². The Kier molecular flexibility index (Phi) is 4.24. The van der Waals surface area contributed by atoms with Gasteiger partial charge in [0.1, 0.15) is 16.4 Å². The summed E-state index contributed by atoms with van der Waals surface area (Å²) in [6.07, 6.45) is 4.62. The van der Waals surface area contributed by atoms with Crippen molar-refractivity contribution in [2.24, 2.45) is 0 Å². The quantitative estimate of drug-likeness (QED) is 0.599. The number of aromatic nitrogens is 2. The van der Waals surface area contributed by atoms with Gasteiger partial charge in [-0.1, -0.05) is 11.6 Å². The average Bonchev–Trinajstić information content (AvgIpc) is 2.93. The molecule has 1 N–H and O–H groups in total. The van der Waals surface area contributed by atoms with E-state index in [2.05, 4.69) is 15.3 Å². The summed E-state index contributed by atoms with van der Waals surface area (Å²) in [5.41, 5.74) is 2.20. The van der Waals surface area contributed by atoms with Gasteiger partial charge in [-0.3, -0.25) is 0 Å². The highest BCUT2D eigenvalue weighted by molar-refractivity contribution is 7.19. The molecule has 0 saturated heterocycles. The van der Waals surface area contributed by atoms with E-state index in [9.17, 15) is 0 Å². The summed E-state index contributed by atoms with van der Waals surface area (Å²) in [5, 5.41) is 5.24. The molecule has 0 atom stereocenters. The summed E-state index contributed by atoms with van der Waals surface area (Å²) in [7, 11) is 1.60. The molecule has 1 aliphatic carbocycles. The molecule has 0 spiro atoms. The molecular formula is C17H15Cl2N3OS. The Morgan fingerprint density at radius 1 is 1.17 bits per heavy atom. The zero-order valence-electron chi connectivity index (χ0n) is 13.0. The van der Waals surface area contributed by atoms with Crippen LogP contribution in [0.4, 0.5) is 11.5 Å². The Morgan fingerprint density at radius 3 is 2.79 bits per heavy atom. The molecule has 0 unspecified atom stereocenters. The maximum absolute atomic E-state index is 6.22. The van der Waals surface area contributed by atoms with Gasteiger partial charge in [-0.25, -0.2) is 4.98 Å². The van der Waals surface area contributed by atoms with E-state index in [-0.39, 0.29) is 5.28 Å². The van der Waals surface area contributed by atoms with Crippen molar-refractivity contribution < 1.29 is 4.74 Å². The van der Waals surface area contributed by atoms with E-state index < -0.39 is 0 Å². The monoisotopic (exact) mass is 379 g/mol. The molecule has 1 aliphatic rings. The number of ether oxygens (including phenoxy) is 1. The van der Waals surface area contributed by atoms with Gasteiger partial charge in [0.2, 0.25) is 5.28 Å². The fourth-order valence-corrected chi connectivity index (χ4v) is 4.84. The highest BCUT2D eigenvalue weighted by Gasteiger charge is 2.21. The van der Waals surface area contributed by atoms with Crippen LogP contribution >= 0.6 is 34.5 Å². The number of rotatable bonds is 3. The van der Waals surface area contributed by atoms with Crippen molar-refractivity contribution in [2.75, 3.05) is 12.4 Å². The van der Waals surface area contributed by atoms with Crippen molar-refractivity contribution in [1.82, 2.24) is 9.97 Å². The van der Waals surface area contributed by atoms with Crippen LogP contribution in [0.25, 0.3) is 10.2 Å². The van der Waals surface area contributed by atoms with Crippen molar-refractivity contribution in [3.8, 4) is 5.75 Å². The molecule has 3 aromatic rings. The summed E-state index contributed by atoms with van der Waals surface area (Å²) in [5.74, 6) is 1.38. The number of anilines is 2. The minimum atomic E-state index is 0.253. The van der Waals surface area contributed by atoms with Gasteiger partial charge in [0.05, 0.1) is 17.5 Å². The third-order valence-electron chi connectivity index (χ3n) is 4.20. The maximum atomic E-state index is 6.22. The van der Waals surface area contributed by atoms with Crippen LogP contribution in [0, 0.1) is 0 Å². The van der Waals surface area contributed by atoms with Crippen molar-refractivity contribution in [2.45, 2.75) is 25.7 Å². The molecule has 0 bridgehead atoms. The number of aryl methyl sites for hydroxylation is 2. The lowest BCUT2D eigenvalue weighted by atomic mass is 9.97. The molecule has 4 rings (SSSR count). The predicted octanol–water partition coefficient (Wildman–Crippen LogP) is 5.63. The summed E-state index contributed by atoms with van der Waals surface area (Å²) in [4.78, 5) is 11.2. The van der Waals surface area contributed by atoms with E-state index in [1.165, 1.54) is 23.3 Å². The zero-order valence-corrected chi connectivity index (χ0v) is 15.4. The number of nitrogens with zero attached hydrogens (tertiary/aromatic N) is 2. The number of thiophene rings is 1. The molecule has 1 aromatic carbocycles. The molecule has 2 aromatic heterocycles. The number of nitrogens with one attached hydrogen (secondary N) is 1. The minimum absolute atomic E-state index is 0.253. The fraction of sp³-hybridized carbons (Fsp3) is 0.294. The Balaban J connectivity index is 1.81. The lowest BCUT2D eigenvalue weighted by Gasteiger charge is -2.13. The third kappa shape index (κ3) is 2.81. The molecule has 0 amide bonds. The summed E-state index contributed by atoms with van der Waals surface area (Å²) in [6.45, 7) is 0. The van der Waals surface area contributed by atoms with E-state index in [0.29, 0.717) is 10.8 Å². The maximum Gasteiger partial charge on any atom is 0.225 e. The van der Waals surface area contributed by atoms with Crippen molar-refractivity contribution in [3.05, 3.63) is 38.9 Å². The molecule has 4 nitrogen and oxygen atoms in total. The number of fused-ring (bicyclic) bond motifs is 3. The number of hydrogen-bond donors (Lipinski definition) is 1. The molecule has 0 aliphatic heterocycles. The van der Waals surface area contributed by atoms with Crippen LogP contribution in [0.3, 0.4) is 0 Å². The van der Waals surface area contributed by atoms with E-state index >= 15 is 0 Å². The van der Waals surface area contributed by atoms with Crippen LogP contribution < -0.4 is 10.1 Å². The van der Waals surface area contributed by atoms with Crippen LogP contribution in [0.15, 0.2) is 18.2 Å². The van der Waals surface area contributed by atoms with Gasteiger partial charge in [0.25, 0.3) is 0 Å². The first-order valence-electron chi connectivity index (χ1n) is 7.74. The molecule has 0 saturated carbocycles. The van der Waals surface area contributed by atoms with E-state index in [1.54, 1.807) is 18.4 Å². The minimum Gasteiger partial charge on any atom is -0.495 e. The number of hydrogen-bond acceptors (Lipinski definition) is 5. The topological polar surface area (TPSA) is 47.0 Å². The number of methoxy groups -OCH3 is 1. The molecule has 124 valence electrons. The highest BCUT2D eigenvalue weighted by Crippen LogP contribution is 2.40. The second-order valence-corrected chi connectivity index (χ2v) is 7.54. The van der Waals surface area contributed by atoms with Gasteiger partial charge in [0, 0.05) is 10.6 Å². The van der Waals surface area contributed by atoms with Gasteiger partial charge >= 0.3 is 0 Å². The molecule has 2 heterocycles. The summed E-state index contributed by atoms with van der Waals surface area (Å²) in [6, 6.07) is 5.56. The second-order valence-electron chi connectivity index (χ2n) is 5.71. The molecule has 7 heteroatoms. The molecule has 0 fully saturated rings. The van der Waals surface area contributed by atoms with E-state index in [4.69, 9.17) is 27.9 Å². The van der Waals surface area contributed by atoms with Crippen molar-refractivity contribution >= 4 is 56.3 Å². The van der Waals surface area contributed by atoms with Gasteiger partial charge in [-0.2, -0.15) is 4.98 Å². The number of halogens is 2. The third-order valence-corrected chi connectivity index (χ3v) is 5.85. The van der Waals surface area contributed by atoms with Crippen LogP contribution in [0.2, 0.25) is 10.3 Å². The van der Waals surface area contributed by atoms with Gasteiger partial charge in [-0.15, -0.1) is 11.3 Å². The summed E-state index contributed by atoms with van der Waals surface area (Å²) < 4.78 is 5.20. The molecule has 0 radical (unpaired) electrons. The lowest BCUT2D eigenvalue weighted by Crippen LogP contribution is -2.01. The van der Waals surface area contributed by atoms with Crippen molar-refractivity contribution in [3.63, 3.8) is 0 Å². The van der Waals surface area contributed by atoms with Crippen LogP contribution in [0.5, 0.6) is 5.75 Å². The van der Waals surface area contributed by atoms with Crippen molar-refractivity contribution in [1.29, 1.82) is 0 Å². The Hall–Kier alpha value is -1.56. The average molecular weight is 380 g/mol. The summed E-state index contributed by atoms with van der Waals surface area (Å²) >= 11 is 14.1. The van der Waals surface area contributed by atoms with Gasteiger partial charge < -0.3 is 10.1 Å². The molecule has 24 heavy (non-hydrogen) atoms. The SMILES string of the molecule is COc1ccc(Nc2nc(Cl)nc3sc4c(c23)CCCC4)cc1Cl. The Labute approximate surface area is 153 Å². The van der Waals surface area contributed by atoms with Gasteiger partial charge in [-0.05, 0) is 61.0 Å². The molecular weight excluding hydrogens is 365 g/mol. The Morgan fingerprint density at radius 2 is 2.00 bits per heavy atom. The lowest BCUT2D eigenvalue weighted by molar-refractivity contribution is 0.415. The highest BCUT2D eigenvalue weighted by atomic mass is 35.5. The predicted molar refractivity (Wildman–Crippen MR) is 100 cm³/mol. The first-order chi connectivity index (χ1) is 11.7. The van der Waals surface area contributed by atoms with E-state index in [0.717, 1.165) is 34.6 Å². The number of benzene rings is 1.